The fourth-order valence-electron chi connectivity index (χ4n) is 2.76. The summed E-state index contributed by atoms with van der Waals surface area (Å²) in [7, 11) is 1.66. The van der Waals surface area contributed by atoms with E-state index in [1.165, 1.54) is 17.3 Å². The highest BCUT2D eigenvalue weighted by Crippen LogP contribution is 2.13. The molecule has 0 spiro atoms. The fraction of sp³-hybridized carbons (Fsp3) is 0.227. The Hall–Kier alpha value is -3.41. The Morgan fingerprint density at radius 2 is 1.71 bits per heavy atom. The Morgan fingerprint density at radius 1 is 0.929 bits per heavy atom. The predicted octanol–water partition coefficient (Wildman–Crippen LogP) is 3.11. The van der Waals surface area contributed by atoms with Gasteiger partial charge in [0.2, 0.25) is 0 Å². The largest absolute Gasteiger partial charge is 0.497 e. The number of anilines is 1. The molecule has 0 aliphatic heterocycles. The highest BCUT2D eigenvalue weighted by Gasteiger charge is 2.07. The normalized spacial score (nSPS) is 10.3. The average Bonchev–Trinajstić information content (AvgIpc) is 2.75. The molecular weight excluding hydrogens is 352 g/mol. The van der Waals surface area contributed by atoms with E-state index in [0.29, 0.717) is 24.6 Å². The molecule has 1 aromatic heterocycles. The van der Waals surface area contributed by atoms with E-state index in [9.17, 15) is 4.79 Å². The van der Waals surface area contributed by atoms with E-state index < -0.39 is 0 Å². The zero-order chi connectivity index (χ0) is 19.6. The third-order valence-electron chi connectivity index (χ3n) is 4.28. The summed E-state index contributed by atoms with van der Waals surface area (Å²) in [6, 6.07) is 18.0. The van der Waals surface area contributed by atoms with Crippen LogP contribution in [0.25, 0.3) is 0 Å². The van der Waals surface area contributed by atoms with Crippen molar-refractivity contribution in [3.05, 3.63) is 83.8 Å². The molecule has 6 heteroatoms. The van der Waals surface area contributed by atoms with Crippen LogP contribution in [0.1, 0.15) is 21.6 Å². The lowest BCUT2D eigenvalue weighted by atomic mass is 10.1. The maximum atomic E-state index is 12.2. The maximum absolute atomic E-state index is 12.2. The van der Waals surface area contributed by atoms with Gasteiger partial charge in [-0.15, -0.1) is 0 Å². The molecule has 3 rings (SSSR count). The van der Waals surface area contributed by atoms with E-state index >= 15 is 0 Å². The third kappa shape index (κ3) is 5.81. The van der Waals surface area contributed by atoms with Crippen LogP contribution in [0, 0.1) is 0 Å². The van der Waals surface area contributed by atoms with Crippen LogP contribution in [0.4, 0.5) is 5.82 Å². The van der Waals surface area contributed by atoms with Gasteiger partial charge in [0.15, 0.2) is 0 Å². The van der Waals surface area contributed by atoms with Crippen molar-refractivity contribution in [2.24, 2.45) is 0 Å². The summed E-state index contributed by atoms with van der Waals surface area (Å²) in [5.41, 5.74) is 2.67. The van der Waals surface area contributed by atoms with Gasteiger partial charge in [-0.2, -0.15) is 0 Å². The molecule has 0 atom stereocenters. The number of hydrogen-bond donors (Lipinski definition) is 2. The second kappa shape index (κ2) is 10.1. The van der Waals surface area contributed by atoms with Crippen LogP contribution in [0.3, 0.4) is 0 Å². The molecule has 1 heterocycles. The molecule has 28 heavy (non-hydrogen) atoms. The lowest BCUT2D eigenvalue weighted by molar-refractivity contribution is 0.0949. The molecule has 0 aliphatic rings. The van der Waals surface area contributed by atoms with Gasteiger partial charge in [-0.25, -0.2) is 9.97 Å². The highest BCUT2D eigenvalue weighted by atomic mass is 16.5. The van der Waals surface area contributed by atoms with Crippen molar-refractivity contribution in [1.82, 2.24) is 15.3 Å². The summed E-state index contributed by atoms with van der Waals surface area (Å²) in [5.74, 6) is 1.27. The Balaban J connectivity index is 1.43. The van der Waals surface area contributed by atoms with Gasteiger partial charge >= 0.3 is 0 Å². The number of carbonyl (C=O) groups excluding carboxylic acids is 1. The summed E-state index contributed by atoms with van der Waals surface area (Å²) in [5, 5.41) is 6.08. The fourth-order valence-corrected chi connectivity index (χ4v) is 2.76. The van der Waals surface area contributed by atoms with Crippen LogP contribution in [0.2, 0.25) is 0 Å². The Labute approximate surface area is 165 Å². The van der Waals surface area contributed by atoms with E-state index in [4.69, 9.17) is 4.74 Å². The van der Waals surface area contributed by atoms with E-state index in [-0.39, 0.29) is 5.91 Å². The van der Waals surface area contributed by atoms with E-state index in [1.807, 2.05) is 48.5 Å². The first-order valence-electron chi connectivity index (χ1n) is 9.25. The van der Waals surface area contributed by atoms with Crippen molar-refractivity contribution in [3.63, 3.8) is 0 Å². The second-order valence-electron chi connectivity index (χ2n) is 6.31. The first-order chi connectivity index (χ1) is 13.7. The van der Waals surface area contributed by atoms with Gasteiger partial charge in [0.05, 0.1) is 19.5 Å². The molecule has 144 valence electrons. The molecule has 3 aromatic rings. The van der Waals surface area contributed by atoms with E-state index in [1.54, 1.807) is 13.3 Å². The molecule has 0 unspecified atom stereocenters. The number of nitrogens with one attached hydrogen (secondary N) is 2. The van der Waals surface area contributed by atoms with Crippen molar-refractivity contribution in [1.29, 1.82) is 0 Å². The molecule has 0 bridgehead atoms. The number of rotatable bonds is 9. The first kappa shape index (κ1) is 19.4. The first-order valence-corrected chi connectivity index (χ1v) is 9.25. The molecule has 0 radical (unpaired) electrons. The maximum Gasteiger partial charge on any atom is 0.271 e. The van der Waals surface area contributed by atoms with E-state index in [2.05, 4.69) is 26.7 Å². The number of nitrogens with zero attached hydrogens (tertiary/aromatic N) is 2. The van der Waals surface area contributed by atoms with Crippen molar-refractivity contribution < 1.29 is 9.53 Å². The molecule has 2 N–H and O–H groups in total. The minimum Gasteiger partial charge on any atom is -0.497 e. The second-order valence-corrected chi connectivity index (χ2v) is 6.31. The van der Waals surface area contributed by atoms with Gasteiger partial charge < -0.3 is 15.4 Å². The quantitative estimate of drug-likeness (QED) is 0.600. The van der Waals surface area contributed by atoms with Crippen molar-refractivity contribution >= 4 is 11.7 Å². The average molecular weight is 376 g/mol. The predicted molar refractivity (Wildman–Crippen MR) is 110 cm³/mol. The molecule has 0 aliphatic carbocycles. The highest BCUT2D eigenvalue weighted by molar-refractivity contribution is 5.91. The van der Waals surface area contributed by atoms with E-state index in [0.717, 1.165) is 18.6 Å². The van der Waals surface area contributed by atoms with Gasteiger partial charge in [0.25, 0.3) is 5.91 Å². The van der Waals surface area contributed by atoms with Gasteiger partial charge in [-0.1, -0.05) is 42.5 Å². The Morgan fingerprint density at radius 3 is 2.46 bits per heavy atom. The van der Waals surface area contributed by atoms with Crippen LogP contribution < -0.4 is 15.4 Å². The van der Waals surface area contributed by atoms with Crippen molar-refractivity contribution in [2.75, 3.05) is 25.5 Å². The molecule has 0 saturated carbocycles. The van der Waals surface area contributed by atoms with Gasteiger partial charge in [0.1, 0.15) is 17.3 Å². The molecule has 2 aromatic carbocycles. The van der Waals surface area contributed by atoms with Crippen LogP contribution in [-0.4, -0.2) is 36.1 Å². The molecule has 1 amide bonds. The van der Waals surface area contributed by atoms with Crippen LogP contribution in [-0.2, 0) is 12.8 Å². The van der Waals surface area contributed by atoms with Crippen molar-refractivity contribution in [3.8, 4) is 5.75 Å². The summed E-state index contributed by atoms with van der Waals surface area (Å²) in [6.45, 7) is 1.27. The Kier molecular flexibility index (Phi) is 6.95. The summed E-state index contributed by atoms with van der Waals surface area (Å²) in [6.07, 6.45) is 4.69. The van der Waals surface area contributed by atoms with Gasteiger partial charge in [0, 0.05) is 13.1 Å². The lowest BCUT2D eigenvalue weighted by Crippen LogP contribution is -2.26. The zero-order valence-corrected chi connectivity index (χ0v) is 15.9. The smallest absolute Gasteiger partial charge is 0.271 e. The Bertz CT molecular complexity index is 883. The number of hydrogen-bond acceptors (Lipinski definition) is 5. The standard InChI is InChI=1S/C22H24N4O2/c1-28-19-9-5-8-18(14-19)11-12-23-21-16-25-20(15-26-21)22(27)24-13-10-17-6-3-2-4-7-17/h2-9,14-16H,10-13H2,1H3,(H,23,26)(H,24,27). The molecular formula is C22H24N4O2. The number of carbonyl (C=O) groups is 1. The molecule has 0 fully saturated rings. The SMILES string of the molecule is COc1cccc(CCNc2cnc(C(=O)NCCc3ccccc3)cn2)c1. The van der Waals surface area contributed by atoms with Crippen LogP contribution in [0.5, 0.6) is 5.75 Å². The van der Waals surface area contributed by atoms with Crippen LogP contribution >= 0.6 is 0 Å². The molecule has 6 nitrogen and oxygen atoms in total. The lowest BCUT2D eigenvalue weighted by Gasteiger charge is -2.08. The number of benzene rings is 2. The summed E-state index contributed by atoms with van der Waals surface area (Å²) in [4.78, 5) is 20.6. The van der Waals surface area contributed by atoms with Crippen LogP contribution in [0.15, 0.2) is 67.0 Å². The minimum absolute atomic E-state index is 0.216. The number of ether oxygens (including phenoxy) is 1. The number of amides is 1. The number of methoxy groups -OCH3 is 1. The summed E-state index contributed by atoms with van der Waals surface area (Å²) >= 11 is 0. The topological polar surface area (TPSA) is 76.1 Å². The number of aromatic nitrogens is 2. The minimum atomic E-state index is -0.216. The monoisotopic (exact) mass is 376 g/mol. The zero-order valence-electron chi connectivity index (χ0n) is 15.9. The third-order valence-corrected chi connectivity index (χ3v) is 4.28. The van der Waals surface area contributed by atoms with Crippen molar-refractivity contribution in [2.45, 2.75) is 12.8 Å². The summed E-state index contributed by atoms with van der Waals surface area (Å²) < 4.78 is 5.23. The van der Waals surface area contributed by atoms with Gasteiger partial charge in [-0.3, -0.25) is 4.79 Å². The van der Waals surface area contributed by atoms with Gasteiger partial charge in [-0.05, 0) is 36.1 Å². The molecule has 0 saturated heterocycles.